The molecule has 1 aromatic carbocycles. The Balaban J connectivity index is 1.79. The van der Waals surface area contributed by atoms with Gasteiger partial charge in [0.05, 0.1) is 17.0 Å². The minimum atomic E-state index is -0.880. The Morgan fingerprint density at radius 1 is 1.41 bits per heavy atom. The molecule has 0 bridgehead atoms. The van der Waals surface area contributed by atoms with Crippen molar-refractivity contribution in [2.24, 2.45) is 5.41 Å². The highest BCUT2D eigenvalue weighted by Gasteiger charge is 2.45. The fourth-order valence-electron chi connectivity index (χ4n) is 2.50. The lowest BCUT2D eigenvalue weighted by atomic mass is 9.66. The molecule has 0 aromatic heterocycles. The molecule has 0 heterocycles. The maximum atomic E-state index is 11.9. The van der Waals surface area contributed by atoms with Crippen molar-refractivity contribution in [1.82, 2.24) is 5.32 Å². The first-order valence-electron chi connectivity index (χ1n) is 7.34. The summed E-state index contributed by atoms with van der Waals surface area (Å²) >= 11 is 6.00. The van der Waals surface area contributed by atoms with Crippen LogP contribution in [0.4, 0.5) is 0 Å². The largest absolute Gasteiger partial charge is 0.487 e. The van der Waals surface area contributed by atoms with E-state index >= 15 is 0 Å². The fraction of sp³-hybridized carbons (Fsp3) is 0.500. The zero-order valence-corrected chi connectivity index (χ0v) is 13.2. The number of nitrogens with one attached hydrogen (secondary N) is 1. The van der Waals surface area contributed by atoms with Gasteiger partial charge in [0.1, 0.15) is 11.9 Å². The smallest absolute Gasteiger partial charge is 0.310 e. The molecule has 2 rings (SSSR count). The Bertz CT molecular complexity index is 557. The Labute approximate surface area is 134 Å². The van der Waals surface area contributed by atoms with Crippen molar-refractivity contribution in [3.05, 3.63) is 29.3 Å². The maximum absolute atomic E-state index is 11.9. The molecule has 0 saturated heterocycles. The Morgan fingerprint density at radius 3 is 2.64 bits per heavy atom. The molecule has 120 valence electrons. The van der Waals surface area contributed by atoms with E-state index in [4.69, 9.17) is 16.3 Å². The van der Waals surface area contributed by atoms with Crippen LogP contribution in [0.3, 0.4) is 0 Å². The highest BCUT2D eigenvalue weighted by Crippen LogP contribution is 2.44. The molecular weight excluding hydrogens is 306 g/mol. The number of halogens is 1. The highest BCUT2D eigenvalue weighted by atomic mass is 35.5. The van der Waals surface area contributed by atoms with Crippen molar-refractivity contribution < 1.29 is 19.4 Å². The molecule has 1 unspecified atom stereocenters. The summed E-state index contributed by atoms with van der Waals surface area (Å²) in [5.41, 5.74) is -0.864. The number of benzene rings is 1. The number of hydrogen-bond donors (Lipinski definition) is 2. The summed E-state index contributed by atoms with van der Waals surface area (Å²) in [6, 6.07) is 7.12. The lowest BCUT2D eigenvalue weighted by molar-refractivity contribution is -0.157. The quantitative estimate of drug-likeness (QED) is 0.808. The second-order valence-electron chi connectivity index (χ2n) is 5.78. The standard InChI is InChI=1S/C16H20ClNO4/c1-11(22-13-6-3-2-5-12(13)17)10-18-14(19)9-16(15(20)21)7-4-8-16/h2-3,5-6,11H,4,7-10H2,1H3,(H,18,19)(H,20,21). The van der Waals surface area contributed by atoms with Gasteiger partial charge in [-0.3, -0.25) is 9.59 Å². The monoisotopic (exact) mass is 325 g/mol. The van der Waals surface area contributed by atoms with Crippen molar-refractivity contribution in [3.63, 3.8) is 0 Å². The van der Waals surface area contributed by atoms with Gasteiger partial charge in [-0.1, -0.05) is 30.2 Å². The second kappa shape index (κ2) is 7.01. The summed E-state index contributed by atoms with van der Waals surface area (Å²) in [7, 11) is 0. The SMILES string of the molecule is CC(CNC(=O)CC1(C(=O)O)CCC1)Oc1ccccc1Cl. The summed E-state index contributed by atoms with van der Waals surface area (Å²) in [6.45, 7) is 2.12. The molecule has 1 amide bonds. The molecule has 1 aliphatic carbocycles. The molecule has 2 N–H and O–H groups in total. The van der Waals surface area contributed by atoms with E-state index in [0.717, 1.165) is 6.42 Å². The van der Waals surface area contributed by atoms with Crippen LogP contribution in [0.15, 0.2) is 24.3 Å². The van der Waals surface area contributed by atoms with Gasteiger partial charge in [0.15, 0.2) is 0 Å². The number of carboxylic acids is 1. The van der Waals surface area contributed by atoms with Gasteiger partial charge in [0, 0.05) is 6.42 Å². The van der Waals surface area contributed by atoms with Gasteiger partial charge in [-0.15, -0.1) is 0 Å². The van der Waals surface area contributed by atoms with Crippen molar-refractivity contribution in [2.45, 2.75) is 38.7 Å². The predicted octanol–water partition coefficient (Wildman–Crippen LogP) is 2.87. The average molecular weight is 326 g/mol. The number of carboxylic acid groups (broad SMARTS) is 1. The first-order valence-corrected chi connectivity index (χ1v) is 7.72. The average Bonchev–Trinajstić information content (AvgIpc) is 2.43. The number of ether oxygens (including phenoxy) is 1. The predicted molar refractivity (Wildman–Crippen MR) is 83.1 cm³/mol. The van der Waals surface area contributed by atoms with E-state index in [1.807, 2.05) is 19.1 Å². The Kier molecular flexibility index (Phi) is 5.29. The molecule has 1 fully saturated rings. The highest BCUT2D eigenvalue weighted by molar-refractivity contribution is 6.32. The summed E-state index contributed by atoms with van der Waals surface area (Å²) in [6.07, 6.45) is 1.78. The minimum absolute atomic E-state index is 0.0289. The molecule has 6 heteroatoms. The summed E-state index contributed by atoms with van der Waals surface area (Å²) < 4.78 is 5.65. The summed E-state index contributed by atoms with van der Waals surface area (Å²) in [4.78, 5) is 23.2. The number of rotatable bonds is 7. The molecule has 1 aliphatic rings. The van der Waals surface area contributed by atoms with Gasteiger partial charge >= 0.3 is 5.97 Å². The topological polar surface area (TPSA) is 75.6 Å². The van der Waals surface area contributed by atoms with Crippen LogP contribution in [0.2, 0.25) is 5.02 Å². The van der Waals surface area contributed by atoms with Gasteiger partial charge in [0.25, 0.3) is 0 Å². The fourth-order valence-corrected chi connectivity index (χ4v) is 2.68. The van der Waals surface area contributed by atoms with Gasteiger partial charge in [-0.2, -0.15) is 0 Å². The Hall–Kier alpha value is -1.75. The lowest BCUT2D eigenvalue weighted by Gasteiger charge is -2.37. The van der Waals surface area contributed by atoms with Crippen LogP contribution in [0.25, 0.3) is 0 Å². The van der Waals surface area contributed by atoms with Crippen LogP contribution in [0.5, 0.6) is 5.75 Å². The molecule has 0 spiro atoms. The van der Waals surface area contributed by atoms with Crippen LogP contribution in [0.1, 0.15) is 32.6 Å². The van der Waals surface area contributed by atoms with Crippen LogP contribution >= 0.6 is 11.6 Å². The van der Waals surface area contributed by atoms with E-state index < -0.39 is 11.4 Å². The number of hydrogen-bond acceptors (Lipinski definition) is 3. The molecule has 1 saturated carbocycles. The number of carbonyl (C=O) groups is 2. The van der Waals surface area contributed by atoms with Crippen LogP contribution in [-0.2, 0) is 9.59 Å². The zero-order valence-electron chi connectivity index (χ0n) is 12.5. The van der Waals surface area contributed by atoms with Crippen molar-refractivity contribution in [2.75, 3.05) is 6.54 Å². The number of aliphatic carboxylic acids is 1. The van der Waals surface area contributed by atoms with Gasteiger partial charge in [-0.05, 0) is 31.9 Å². The van der Waals surface area contributed by atoms with E-state index in [1.54, 1.807) is 12.1 Å². The van der Waals surface area contributed by atoms with Crippen molar-refractivity contribution >= 4 is 23.5 Å². The number of carbonyl (C=O) groups excluding carboxylic acids is 1. The first-order chi connectivity index (χ1) is 10.4. The summed E-state index contributed by atoms with van der Waals surface area (Å²) in [5.74, 6) is -0.571. The minimum Gasteiger partial charge on any atom is -0.487 e. The molecule has 22 heavy (non-hydrogen) atoms. The third-order valence-corrected chi connectivity index (χ3v) is 4.33. The van der Waals surface area contributed by atoms with E-state index in [0.29, 0.717) is 30.2 Å². The third kappa shape index (κ3) is 3.91. The van der Waals surface area contributed by atoms with Crippen LogP contribution < -0.4 is 10.1 Å². The van der Waals surface area contributed by atoms with Gasteiger partial charge in [-0.25, -0.2) is 0 Å². The van der Waals surface area contributed by atoms with E-state index in [-0.39, 0.29) is 18.4 Å². The van der Waals surface area contributed by atoms with Crippen molar-refractivity contribution in [3.8, 4) is 5.75 Å². The maximum Gasteiger partial charge on any atom is 0.310 e. The third-order valence-electron chi connectivity index (χ3n) is 4.01. The van der Waals surface area contributed by atoms with Crippen LogP contribution in [-0.4, -0.2) is 29.6 Å². The molecular formula is C16H20ClNO4. The van der Waals surface area contributed by atoms with Crippen molar-refractivity contribution in [1.29, 1.82) is 0 Å². The summed E-state index contributed by atoms with van der Waals surface area (Å²) in [5, 5.41) is 12.5. The molecule has 1 atom stereocenters. The molecule has 0 radical (unpaired) electrons. The van der Waals surface area contributed by atoms with Crippen LogP contribution in [0, 0.1) is 5.41 Å². The van der Waals surface area contributed by atoms with E-state index in [2.05, 4.69) is 5.32 Å². The number of para-hydroxylation sites is 1. The molecule has 0 aliphatic heterocycles. The molecule has 5 nitrogen and oxygen atoms in total. The van der Waals surface area contributed by atoms with E-state index in [1.165, 1.54) is 0 Å². The van der Waals surface area contributed by atoms with E-state index in [9.17, 15) is 14.7 Å². The lowest BCUT2D eigenvalue weighted by Crippen LogP contribution is -2.44. The second-order valence-corrected chi connectivity index (χ2v) is 6.19. The molecule has 1 aromatic rings. The zero-order chi connectivity index (χ0) is 16.2. The normalized spacial score (nSPS) is 17.2. The first kappa shape index (κ1) is 16.6. The van der Waals surface area contributed by atoms with Gasteiger partial charge in [0.2, 0.25) is 5.91 Å². The van der Waals surface area contributed by atoms with Gasteiger partial charge < -0.3 is 15.2 Å². The number of amides is 1. The Morgan fingerprint density at radius 2 is 2.09 bits per heavy atom.